The van der Waals surface area contributed by atoms with Crippen LogP contribution < -0.4 is 4.74 Å². The van der Waals surface area contributed by atoms with Crippen molar-refractivity contribution in [1.82, 2.24) is 10.2 Å². The van der Waals surface area contributed by atoms with Gasteiger partial charge in [-0.25, -0.2) is 0 Å². The molecule has 1 N–H and O–H groups in total. The summed E-state index contributed by atoms with van der Waals surface area (Å²) in [6, 6.07) is 7.20. The highest BCUT2D eigenvalue weighted by molar-refractivity contribution is 5.75. The lowest BCUT2D eigenvalue weighted by Crippen LogP contribution is -2.15. The van der Waals surface area contributed by atoms with Crippen LogP contribution >= 0.6 is 0 Å². The lowest BCUT2D eigenvalue weighted by atomic mass is 9.99. The van der Waals surface area contributed by atoms with Gasteiger partial charge in [0.1, 0.15) is 11.7 Å². The Morgan fingerprint density at radius 2 is 2.05 bits per heavy atom. The van der Waals surface area contributed by atoms with Gasteiger partial charge in [0.2, 0.25) is 11.8 Å². The van der Waals surface area contributed by atoms with Gasteiger partial charge in [0.15, 0.2) is 0 Å². The first-order valence-corrected chi connectivity index (χ1v) is 5.76. The molecule has 1 aromatic carbocycles. The predicted molar refractivity (Wildman–Crippen MR) is 66.1 cm³/mol. The van der Waals surface area contributed by atoms with Gasteiger partial charge in [-0.1, -0.05) is 12.1 Å². The summed E-state index contributed by atoms with van der Waals surface area (Å²) < 4.78 is 10.2. The molecule has 19 heavy (non-hydrogen) atoms. The van der Waals surface area contributed by atoms with E-state index in [1.165, 1.54) is 0 Å². The van der Waals surface area contributed by atoms with E-state index in [9.17, 15) is 9.90 Å². The SMILES string of the molecule is COc1ccc(CC(C(=O)O)c2nnc(C)o2)cc1. The fraction of sp³-hybridized carbons (Fsp3) is 0.308. The van der Waals surface area contributed by atoms with E-state index < -0.39 is 11.9 Å². The zero-order chi connectivity index (χ0) is 13.8. The van der Waals surface area contributed by atoms with Gasteiger partial charge in [-0.3, -0.25) is 4.79 Å². The highest BCUT2D eigenvalue weighted by Gasteiger charge is 2.26. The zero-order valence-corrected chi connectivity index (χ0v) is 10.7. The maximum atomic E-state index is 11.3. The van der Waals surface area contributed by atoms with Crippen molar-refractivity contribution in [2.75, 3.05) is 7.11 Å². The number of aliphatic carboxylic acids is 1. The summed E-state index contributed by atoms with van der Waals surface area (Å²) >= 11 is 0. The third-order valence-electron chi connectivity index (χ3n) is 2.74. The van der Waals surface area contributed by atoms with Gasteiger partial charge in [0, 0.05) is 6.92 Å². The van der Waals surface area contributed by atoms with Crippen molar-refractivity contribution in [3.8, 4) is 5.75 Å². The van der Waals surface area contributed by atoms with Crippen LogP contribution in [0.25, 0.3) is 0 Å². The summed E-state index contributed by atoms with van der Waals surface area (Å²) in [4.78, 5) is 11.3. The van der Waals surface area contributed by atoms with Crippen LogP contribution in [0.2, 0.25) is 0 Å². The molecule has 0 aliphatic carbocycles. The smallest absolute Gasteiger partial charge is 0.316 e. The lowest BCUT2D eigenvalue weighted by molar-refractivity contribution is -0.139. The molecule has 1 aromatic heterocycles. The van der Waals surface area contributed by atoms with Crippen molar-refractivity contribution in [2.45, 2.75) is 19.3 Å². The highest BCUT2D eigenvalue weighted by atomic mass is 16.5. The Hall–Kier alpha value is -2.37. The molecule has 2 rings (SSSR count). The second kappa shape index (κ2) is 5.51. The number of nitrogens with zero attached hydrogens (tertiary/aromatic N) is 2. The molecule has 0 bridgehead atoms. The molecule has 0 saturated heterocycles. The molecular weight excluding hydrogens is 248 g/mol. The van der Waals surface area contributed by atoms with Crippen LogP contribution in [0.1, 0.15) is 23.3 Å². The van der Waals surface area contributed by atoms with Crippen molar-refractivity contribution < 1.29 is 19.1 Å². The first kappa shape index (κ1) is 13.1. The normalized spacial score (nSPS) is 12.1. The number of benzene rings is 1. The first-order chi connectivity index (χ1) is 9.10. The lowest BCUT2D eigenvalue weighted by Gasteiger charge is -2.08. The van der Waals surface area contributed by atoms with Gasteiger partial charge >= 0.3 is 5.97 Å². The standard InChI is InChI=1S/C13H14N2O4/c1-8-14-15-12(19-8)11(13(16)17)7-9-3-5-10(18-2)6-4-9/h3-6,11H,7H2,1-2H3,(H,16,17). The molecule has 6 heteroatoms. The Morgan fingerprint density at radius 1 is 1.37 bits per heavy atom. The van der Waals surface area contributed by atoms with E-state index in [0.29, 0.717) is 12.3 Å². The Bertz CT molecular complexity index is 562. The van der Waals surface area contributed by atoms with Crippen molar-refractivity contribution in [3.63, 3.8) is 0 Å². The Kier molecular flexibility index (Phi) is 3.79. The van der Waals surface area contributed by atoms with Crippen LogP contribution in [0.3, 0.4) is 0 Å². The molecule has 0 amide bonds. The molecular formula is C13H14N2O4. The van der Waals surface area contributed by atoms with Crippen LogP contribution in [0.15, 0.2) is 28.7 Å². The number of rotatable bonds is 5. The van der Waals surface area contributed by atoms with E-state index in [-0.39, 0.29) is 5.89 Å². The number of hydrogen-bond donors (Lipinski definition) is 1. The van der Waals surface area contributed by atoms with Crippen molar-refractivity contribution in [3.05, 3.63) is 41.6 Å². The summed E-state index contributed by atoms with van der Waals surface area (Å²) in [5, 5.41) is 16.7. The number of ether oxygens (including phenoxy) is 1. The van der Waals surface area contributed by atoms with Gasteiger partial charge < -0.3 is 14.3 Å². The van der Waals surface area contributed by atoms with E-state index in [4.69, 9.17) is 9.15 Å². The second-order valence-electron chi connectivity index (χ2n) is 4.10. The van der Waals surface area contributed by atoms with E-state index in [0.717, 1.165) is 11.3 Å². The summed E-state index contributed by atoms with van der Waals surface area (Å²) in [6.45, 7) is 1.63. The summed E-state index contributed by atoms with van der Waals surface area (Å²) in [7, 11) is 1.58. The summed E-state index contributed by atoms with van der Waals surface area (Å²) in [5.41, 5.74) is 0.865. The maximum Gasteiger partial charge on any atom is 0.316 e. The topological polar surface area (TPSA) is 85.5 Å². The molecule has 0 radical (unpaired) electrons. The van der Waals surface area contributed by atoms with Gasteiger partial charge in [-0.05, 0) is 24.1 Å². The third-order valence-corrected chi connectivity index (χ3v) is 2.74. The molecule has 1 atom stereocenters. The van der Waals surface area contributed by atoms with E-state index in [1.54, 1.807) is 26.2 Å². The average molecular weight is 262 g/mol. The average Bonchev–Trinajstić information content (AvgIpc) is 2.82. The second-order valence-corrected chi connectivity index (χ2v) is 4.10. The van der Waals surface area contributed by atoms with Crippen LogP contribution in [-0.2, 0) is 11.2 Å². The molecule has 0 fully saturated rings. The number of carboxylic acids is 1. The number of methoxy groups -OCH3 is 1. The highest BCUT2D eigenvalue weighted by Crippen LogP contribution is 2.21. The van der Waals surface area contributed by atoms with E-state index in [2.05, 4.69) is 10.2 Å². The number of hydrogen-bond acceptors (Lipinski definition) is 5. The largest absolute Gasteiger partial charge is 0.497 e. The van der Waals surface area contributed by atoms with Crippen LogP contribution in [0.5, 0.6) is 5.75 Å². The Labute approximate surface area is 110 Å². The van der Waals surface area contributed by atoms with Gasteiger partial charge in [-0.15, -0.1) is 10.2 Å². The zero-order valence-electron chi connectivity index (χ0n) is 10.7. The molecule has 1 heterocycles. The fourth-order valence-corrected chi connectivity index (χ4v) is 1.73. The van der Waals surface area contributed by atoms with Crippen molar-refractivity contribution in [1.29, 1.82) is 0 Å². The summed E-state index contributed by atoms with van der Waals surface area (Å²) in [5.74, 6) is -0.616. The molecule has 1 unspecified atom stereocenters. The van der Waals surface area contributed by atoms with Crippen molar-refractivity contribution in [2.24, 2.45) is 0 Å². The Morgan fingerprint density at radius 3 is 2.53 bits per heavy atom. The van der Waals surface area contributed by atoms with E-state index >= 15 is 0 Å². The number of aryl methyl sites for hydroxylation is 1. The maximum absolute atomic E-state index is 11.3. The molecule has 100 valence electrons. The minimum Gasteiger partial charge on any atom is -0.497 e. The summed E-state index contributed by atoms with van der Waals surface area (Å²) in [6.07, 6.45) is 0.293. The van der Waals surface area contributed by atoms with Crippen LogP contribution in [0.4, 0.5) is 0 Å². The molecule has 6 nitrogen and oxygen atoms in total. The number of aromatic nitrogens is 2. The molecule has 2 aromatic rings. The van der Waals surface area contributed by atoms with Gasteiger partial charge in [-0.2, -0.15) is 0 Å². The molecule has 0 spiro atoms. The van der Waals surface area contributed by atoms with Crippen LogP contribution in [-0.4, -0.2) is 28.4 Å². The predicted octanol–water partition coefficient (Wildman–Crippen LogP) is 1.80. The van der Waals surface area contributed by atoms with Crippen molar-refractivity contribution >= 4 is 5.97 Å². The fourth-order valence-electron chi connectivity index (χ4n) is 1.73. The minimum atomic E-state index is -0.987. The number of carbonyl (C=O) groups is 1. The number of carboxylic acid groups (broad SMARTS) is 1. The molecule has 0 aliphatic heterocycles. The Balaban J connectivity index is 2.18. The molecule has 0 saturated carbocycles. The van der Waals surface area contributed by atoms with Gasteiger partial charge in [0.05, 0.1) is 7.11 Å². The quantitative estimate of drug-likeness (QED) is 0.884. The van der Waals surface area contributed by atoms with Gasteiger partial charge in [0.25, 0.3) is 0 Å². The van der Waals surface area contributed by atoms with Crippen LogP contribution in [0, 0.1) is 6.92 Å². The first-order valence-electron chi connectivity index (χ1n) is 5.76. The molecule has 0 aliphatic rings. The van der Waals surface area contributed by atoms with E-state index in [1.807, 2.05) is 12.1 Å². The third kappa shape index (κ3) is 3.09. The minimum absolute atomic E-state index is 0.126. The monoisotopic (exact) mass is 262 g/mol.